The molecule has 0 fully saturated rings. The fraction of sp³-hybridized carbons (Fsp3) is 0.250. The summed E-state index contributed by atoms with van der Waals surface area (Å²) < 4.78 is 11.9. The highest BCUT2D eigenvalue weighted by molar-refractivity contribution is 14.1. The maximum Gasteiger partial charge on any atom is 0.127 e. The van der Waals surface area contributed by atoms with E-state index in [-0.39, 0.29) is 6.04 Å². The van der Waals surface area contributed by atoms with E-state index in [1.165, 1.54) is 3.57 Å². The number of hydrogen-bond donors (Lipinski definition) is 1. The van der Waals surface area contributed by atoms with Gasteiger partial charge < -0.3 is 14.8 Å². The van der Waals surface area contributed by atoms with Crippen LogP contribution in [0, 0.1) is 3.57 Å². The maximum atomic E-state index is 5.44. The van der Waals surface area contributed by atoms with Crippen molar-refractivity contribution in [3.63, 3.8) is 0 Å². The van der Waals surface area contributed by atoms with Gasteiger partial charge in [0.25, 0.3) is 0 Å². The molecule has 0 saturated carbocycles. The Morgan fingerprint density at radius 3 is 2.30 bits per heavy atom. The van der Waals surface area contributed by atoms with E-state index >= 15 is 0 Å². The number of methoxy groups -OCH3 is 2. The van der Waals surface area contributed by atoms with Crippen molar-refractivity contribution in [3.8, 4) is 11.5 Å². The van der Waals surface area contributed by atoms with Crippen LogP contribution in [0.15, 0.2) is 42.5 Å². The minimum absolute atomic E-state index is 0.149. The van der Waals surface area contributed by atoms with Gasteiger partial charge in [0.2, 0.25) is 0 Å². The van der Waals surface area contributed by atoms with E-state index in [1.54, 1.807) is 14.2 Å². The van der Waals surface area contributed by atoms with Crippen molar-refractivity contribution in [2.45, 2.75) is 13.0 Å². The first-order valence-electron chi connectivity index (χ1n) is 6.38. The molecule has 0 heterocycles. The minimum atomic E-state index is 0.149. The van der Waals surface area contributed by atoms with Crippen molar-refractivity contribution in [2.75, 3.05) is 19.5 Å². The SMILES string of the molecule is COc1ccc(C(C)Nc2ccc(I)cc2)c(OC)c1. The number of nitrogens with one attached hydrogen (secondary N) is 1. The average Bonchev–Trinajstić information content (AvgIpc) is 2.48. The van der Waals surface area contributed by atoms with Crippen LogP contribution in [0.3, 0.4) is 0 Å². The molecule has 2 rings (SSSR count). The topological polar surface area (TPSA) is 30.5 Å². The summed E-state index contributed by atoms with van der Waals surface area (Å²) >= 11 is 2.30. The van der Waals surface area contributed by atoms with Gasteiger partial charge in [0.15, 0.2) is 0 Å². The molecular weight excluding hydrogens is 365 g/mol. The van der Waals surface area contributed by atoms with Crippen molar-refractivity contribution >= 4 is 28.3 Å². The normalized spacial score (nSPS) is 11.8. The predicted octanol–water partition coefficient (Wildman–Crippen LogP) is 4.48. The van der Waals surface area contributed by atoms with Crippen molar-refractivity contribution in [1.29, 1.82) is 0 Å². The molecule has 0 aliphatic heterocycles. The third-order valence-electron chi connectivity index (χ3n) is 3.13. The minimum Gasteiger partial charge on any atom is -0.497 e. The van der Waals surface area contributed by atoms with Crippen molar-refractivity contribution < 1.29 is 9.47 Å². The quantitative estimate of drug-likeness (QED) is 0.773. The number of anilines is 1. The van der Waals surface area contributed by atoms with E-state index in [1.807, 2.05) is 18.2 Å². The first kappa shape index (κ1) is 15.0. The van der Waals surface area contributed by atoms with E-state index in [4.69, 9.17) is 9.47 Å². The van der Waals surface area contributed by atoms with E-state index in [9.17, 15) is 0 Å². The van der Waals surface area contributed by atoms with Crippen molar-refractivity contribution in [3.05, 3.63) is 51.6 Å². The second kappa shape index (κ2) is 6.83. The second-order valence-electron chi connectivity index (χ2n) is 4.48. The van der Waals surface area contributed by atoms with Crippen molar-refractivity contribution in [1.82, 2.24) is 0 Å². The standard InChI is InChI=1S/C16H18INO2/c1-11(18-13-6-4-12(17)5-7-13)15-9-8-14(19-2)10-16(15)20-3/h4-11,18H,1-3H3. The highest BCUT2D eigenvalue weighted by Crippen LogP contribution is 2.31. The molecule has 0 aliphatic carbocycles. The number of benzene rings is 2. The van der Waals surface area contributed by atoms with Crippen LogP contribution in [0.1, 0.15) is 18.5 Å². The third kappa shape index (κ3) is 3.56. The molecule has 2 aromatic rings. The lowest BCUT2D eigenvalue weighted by Gasteiger charge is -2.19. The van der Waals surface area contributed by atoms with Crippen LogP contribution in [-0.2, 0) is 0 Å². The Hall–Kier alpha value is -1.43. The number of ether oxygens (including phenoxy) is 2. The summed E-state index contributed by atoms with van der Waals surface area (Å²) in [6.45, 7) is 2.11. The van der Waals surface area contributed by atoms with Crippen LogP contribution in [0.25, 0.3) is 0 Å². The molecule has 0 saturated heterocycles. The van der Waals surface area contributed by atoms with Gasteiger partial charge in [-0.25, -0.2) is 0 Å². The summed E-state index contributed by atoms with van der Waals surface area (Å²) in [5.41, 5.74) is 2.20. The van der Waals surface area contributed by atoms with E-state index in [0.717, 1.165) is 22.7 Å². The summed E-state index contributed by atoms with van der Waals surface area (Å²) in [7, 11) is 3.33. The Kier molecular flexibility index (Phi) is 5.11. The number of rotatable bonds is 5. The van der Waals surface area contributed by atoms with Gasteiger partial charge in [0, 0.05) is 20.9 Å². The third-order valence-corrected chi connectivity index (χ3v) is 3.85. The van der Waals surface area contributed by atoms with Crippen LogP contribution in [0.5, 0.6) is 11.5 Å². The predicted molar refractivity (Wildman–Crippen MR) is 90.7 cm³/mol. The molecule has 20 heavy (non-hydrogen) atoms. The largest absolute Gasteiger partial charge is 0.497 e. The molecule has 0 aliphatic rings. The Morgan fingerprint density at radius 2 is 1.70 bits per heavy atom. The lowest BCUT2D eigenvalue weighted by Crippen LogP contribution is -2.08. The first-order chi connectivity index (χ1) is 9.63. The molecule has 1 unspecified atom stereocenters. The highest BCUT2D eigenvalue weighted by atomic mass is 127. The molecule has 106 valence electrons. The summed E-state index contributed by atoms with van der Waals surface area (Å²) in [6, 6.07) is 14.4. The lowest BCUT2D eigenvalue weighted by molar-refractivity contribution is 0.390. The van der Waals surface area contributed by atoms with Gasteiger partial charge in [-0.3, -0.25) is 0 Å². The van der Waals surface area contributed by atoms with E-state index in [0.29, 0.717) is 0 Å². The number of hydrogen-bond acceptors (Lipinski definition) is 3. The lowest BCUT2D eigenvalue weighted by atomic mass is 10.1. The van der Waals surface area contributed by atoms with Gasteiger partial charge in [-0.15, -0.1) is 0 Å². The summed E-state index contributed by atoms with van der Waals surface area (Å²) in [5, 5.41) is 3.47. The molecule has 1 N–H and O–H groups in total. The molecule has 3 nitrogen and oxygen atoms in total. The Balaban J connectivity index is 2.20. The van der Waals surface area contributed by atoms with Gasteiger partial charge in [-0.1, -0.05) is 0 Å². The van der Waals surface area contributed by atoms with Gasteiger partial charge in [-0.2, -0.15) is 0 Å². The molecule has 0 bridgehead atoms. The van der Waals surface area contributed by atoms with E-state index in [2.05, 4.69) is 59.1 Å². The molecule has 2 aromatic carbocycles. The summed E-state index contributed by atoms with van der Waals surface area (Å²) in [6.07, 6.45) is 0. The van der Waals surface area contributed by atoms with Crippen molar-refractivity contribution in [2.24, 2.45) is 0 Å². The second-order valence-corrected chi connectivity index (χ2v) is 5.73. The maximum absolute atomic E-state index is 5.44. The van der Waals surface area contributed by atoms with Crippen LogP contribution < -0.4 is 14.8 Å². The Bertz CT molecular complexity index is 569. The zero-order valence-electron chi connectivity index (χ0n) is 11.8. The van der Waals surface area contributed by atoms with Crippen LogP contribution >= 0.6 is 22.6 Å². The van der Waals surface area contributed by atoms with E-state index < -0.39 is 0 Å². The molecule has 0 spiro atoms. The molecule has 1 atom stereocenters. The Morgan fingerprint density at radius 1 is 1.00 bits per heavy atom. The molecule has 0 radical (unpaired) electrons. The van der Waals surface area contributed by atoms with Gasteiger partial charge in [-0.05, 0) is 65.9 Å². The fourth-order valence-electron chi connectivity index (χ4n) is 2.05. The summed E-state index contributed by atoms with van der Waals surface area (Å²) in [4.78, 5) is 0. The molecule has 0 aromatic heterocycles. The highest BCUT2D eigenvalue weighted by Gasteiger charge is 2.12. The molecular formula is C16H18INO2. The molecule has 4 heteroatoms. The zero-order valence-corrected chi connectivity index (χ0v) is 14.0. The Labute approximate surface area is 133 Å². The zero-order chi connectivity index (χ0) is 14.5. The average molecular weight is 383 g/mol. The molecule has 0 amide bonds. The van der Waals surface area contributed by atoms with Gasteiger partial charge in [0.1, 0.15) is 11.5 Å². The number of halogens is 1. The first-order valence-corrected chi connectivity index (χ1v) is 7.46. The van der Waals surface area contributed by atoms with Gasteiger partial charge in [0.05, 0.1) is 20.3 Å². The van der Waals surface area contributed by atoms with Gasteiger partial charge >= 0.3 is 0 Å². The summed E-state index contributed by atoms with van der Waals surface area (Å²) in [5.74, 6) is 1.63. The van der Waals surface area contributed by atoms with Crippen LogP contribution in [0.2, 0.25) is 0 Å². The van der Waals surface area contributed by atoms with Crippen LogP contribution in [-0.4, -0.2) is 14.2 Å². The monoisotopic (exact) mass is 383 g/mol. The smallest absolute Gasteiger partial charge is 0.127 e. The fourth-order valence-corrected chi connectivity index (χ4v) is 2.41. The van der Waals surface area contributed by atoms with Crippen LogP contribution in [0.4, 0.5) is 5.69 Å².